The predicted molar refractivity (Wildman–Crippen MR) is 46.7 cm³/mol. The lowest BCUT2D eigenvalue weighted by atomic mass is 9.88. The van der Waals surface area contributed by atoms with Gasteiger partial charge < -0.3 is 4.74 Å². The van der Waals surface area contributed by atoms with Gasteiger partial charge in [0.15, 0.2) is 5.72 Å². The minimum Gasteiger partial charge on any atom is -0.312 e. The van der Waals surface area contributed by atoms with E-state index in [9.17, 15) is 0 Å². The molecule has 0 aromatic carbocycles. The molecule has 72 valence electrons. The summed E-state index contributed by atoms with van der Waals surface area (Å²) in [7, 11) is 0. The molecule has 4 atom stereocenters. The fraction of sp³-hybridized carbons (Fsp3) is 1.00. The molecule has 0 amide bonds. The van der Waals surface area contributed by atoms with E-state index >= 15 is 0 Å². The minimum atomic E-state index is -0.501. The van der Waals surface area contributed by atoms with E-state index in [4.69, 9.17) is 10.5 Å². The van der Waals surface area contributed by atoms with Gasteiger partial charge in [0.25, 0.3) is 0 Å². The lowest BCUT2D eigenvalue weighted by Gasteiger charge is -2.26. The summed E-state index contributed by atoms with van der Waals surface area (Å²) in [6.45, 7) is 0. The quantitative estimate of drug-likeness (QED) is 0.617. The summed E-state index contributed by atoms with van der Waals surface area (Å²) in [5.41, 5.74) is 5.28. The number of nitrogens with zero attached hydrogens (tertiary/aromatic N) is 2. The van der Waals surface area contributed by atoms with Crippen molar-refractivity contribution in [2.45, 2.75) is 44.2 Å². The fourth-order valence-corrected chi connectivity index (χ4v) is 3.14. The molecule has 4 nitrogen and oxygen atoms in total. The molecule has 2 N–H and O–H groups in total. The van der Waals surface area contributed by atoms with E-state index in [1.165, 1.54) is 25.7 Å². The lowest BCUT2D eigenvalue weighted by molar-refractivity contribution is -0.0736. The third-order valence-corrected chi connectivity index (χ3v) is 3.67. The smallest absolute Gasteiger partial charge is 0.223 e. The normalized spacial score (nSPS) is 53.5. The van der Waals surface area contributed by atoms with Crippen LogP contribution in [0.1, 0.15) is 32.1 Å². The maximum Gasteiger partial charge on any atom is 0.223 e. The molecule has 0 radical (unpaired) electrons. The van der Waals surface area contributed by atoms with Crippen molar-refractivity contribution in [1.82, 2.24) is 0 Å². The van der Waals surface area contributed by atoms with Crippen molar-refractivity contribution >= 4 is 0 Å². The van der Waals surface area contributed by atoms with E-state index in [0.717, 1.165) is 12.3 Å². The van der Waals surface area contributed by atoms with Gasteiger partial charge in [-0.05, 0) is 18.8 Å². The molecular formula is C9H15N3O. The highest BCUT2D eigenvalue weighted by Crippen LogP contribution is 2.52. The molecule has 0 saturated heterocycles. The van der Waals surface area contributed by atoms with Gasteiger partial charge in [0, 0.05) is 12.3 Å². The Labute approximate surface area is 77.5 Å². The van der Waals surface area contributed by atoms with Gasteiger partial charge in [-0.2, -0.15) is 5.11 Å². The van der Waals surface area contributed by atoms with Crippen molar-refractivity contribution in [1.29, 1.82) is 0 Å². The maximum atomic E-state index is 5.67. The highest BCUT2D eigenvalue weighted by atomic mass is 16.6. The van der Waals surface area contributed by atoms with Gasteiger partial charge in [0.1, 0.15) is 0 Å². The Balaban J connectivity index is 1.88. The Bertz CT molecular complexity index is 255. The van der Waals surface area contributed by atoms with Crippen molar-refractivity contribution in [3.05, 3.63) is 0 Å². The average molecular weight is 181 g/mol. The first-order valence-electron chi connectivity index (χ1n) is 5.14. The molecule has 2 aliphatic carbocycles. The second kappa shape index (κ2) is 2.51. The zero-order chi connectivity index (χ0) is 8.89. The molecule has 2 saturated carbocycles. The standard InChI is InChI=1S/C9H15N3O/c10-8-11-12-9(13-8)5-6-2-1-3-7(9)4-6/h6-8H,1-5,10H2. The molecule has 3 aliphatic rings. The zero-order valence-electron chi connectivity index (χ0n) is 7.65. The second-order valence-electron chi connectivity index (χ2n) is 4.50. The maximum absolute atomic E-state index is 5.67. The van der Waals surface area contributed by atoms with Crippen molar-refractivity contribution in [3.63, 3.8) is 0 Å². The molecule has 0 aromatic rings. The van der Waals surface area contributed by atoms with E-state index in [-0.39, 0.29) is 5.72 Å². The van der Waals surface area contributed by atoms with Gasteiger partial charge in [-0.25, -0.2) is 0 Å². The van der Waals surface area contributed by atoms with Gasteiger partial charge in [0.2, 0.25) is 6.35 Å². The summed E-state index contributed by atoms with van der Waals surface area (Å²) < 4.78 is 5.67. The highest BCUT2D eigenvalue weighted by molar-refractivity contribution is 4.99. The van der Waals surface area contributed by atoms with E-state index in [1.54, 1.807) is 0 Å². The van der Waals surface area contributed by atoms with Gasteiger partial charge >= 0.3 is 0 Å². The molecule has 0 aromatic heterocycles. The van der Waals surface area contributed by atoms with Crippen molar-refractivity contribution in [2.24, 2.45) is 27.8 Å². The fourth-order valence-electron chi connectivity index (χ4n) is 3.14. The minimum absolute atomic E-state index is 0.305. The zero-order valence-corrected chi connectivity index (χ0v) is 7.65. The molecule has 13 heavy (non-hydrogen) atoms. The van der Waals surface area contributed by atoms with Crippen LogP contribution in [0.3, 0.4) is 0 Å². The van der Waals surface area contributed by atoms with Crippen LogP contribution in [-0.4, -0.2) is 12.1 Å². The predicted octanol–water partition coefficient (Wildman–Crippen LogP) is 1.62. The summed E-state index contributed by atoms with van der Waals surface area (Å²) >= 11 is 0. The van der Waals surface area contributed by atoms with E-state index in [1.807, 2.05) is 0 Å². The first-order chi connectivity index (χ1) is 6.28. The summed E-state index contributed by atoms with van der Waals surface area (Å²) in [4.78, 5) is 0. The molecule has 1 heterocycles. The molecule has 4 unspecified atom stereocenters. The molecule has 2 bridgehead atoms. The Morgan fingerprint density at radius 1 is 1.38 bits per heavy atom. The molecule has 1 spiro atoms. The number of hydrogen-bond acceptors (Lipinski definition) is 4. The number of fused-ring (bicyclic) bond motifs is 3. The topological polar surface area (TPSA) is 60.0 Å². The lowest BCUT2D eigenvalue weighted by Crippen LogP contribution is -2.35. The molecule has 4 heteroatoms. The Morgan fingerprint density at radius 3 is 3.00 bits per heavy atom. The van der Waals surface area contributed by atoms with Crippen molar-refractivity contribution in [2.75, 3.05) is 0 Å². The Hall–Kier alpha value is -0.480. The summed E-state index contributed by atoms with van der Waals surface area (Å²) in [6, 6.07) is 0. The van der Waals surface area contributed by atoms with Crippen LogP contribution in [0.2, 0.25) is 0 Å². The van der Waals surface area contributed by atoms with Crippen LogP contribution in [-0.2, 0) is 4.74 Å². The number of nitrogens with two attached hydrogens (primary N) is 1. The third kappa shape index (κ3) is 1.05. The van der Waals surface area contributed by atoms with Crippen LogP contribution < -0.4 is 5.73 Å². The van der Waals surface area contributed by atoms with Gasteiger partial charge in [-0.3, -0.25) is 5.73 Å². The van der Waals surface area contributed by atoms with Crippen LogP contribution in [0.4, 0.5) is 0 Å². The number of hydrogen-bond donors (Lipinski definition) is 1. The number of rotatable bonds is 0. The summed E-state index contributed by atoms with van der Waals surface area (Å²) in [6.07, 6.45) is 5.72. The van der Waals surface area contributed by atoms with Crippen LogP contribution in [0.25, 0.3) is 0 Å². The molecule has 3 rings (SSSR count). The van der Waals surface area contributed by atoms with Crippen LogP contribution >= 0.6 is 0 Å². The molecular weight excluding hydrogens is 166 g/mol. The first-order valence-corrected chi connectivity index (χ1v) is 5.14. The molecule has 1 aliphatic heterocycles. The summed E-state index contributed by atoms with van der Waals surface area (Å²) in [5, 5.41) is 8.18. The largest absolute Gasteiger partial charge is 0.312 e. The van der Waals surface area contributed by atoms with E-state index < -0.39 is 6.35 Å². The van der Waals surface area contributed by atoms with Crippen LogP contribution in [0.5, 0.6) is 0 Å². The average Bonchev–Trinajstić information content (AvgIpc) is 2.58. The van der Waals surface area contributed by atoms with E-state index in [2.05, 4.69) is 10.2 Å². The van der Waals surface area contributed by atoms with E-state index in [0.29, 0.717) is 5.92 Å². The van der Waals surface area contributed by atoms with Crippen LogP contribution in [0.15, 0.2) is 10.2 Å². The monoisotopic (exact) mass is 181 g/mol. The van der Waals surface area contributed by atoms with Crippen molar-refractivity contribution < 1.29 is 4.74 Å². The molecule has 2 fully saturated rings. The summed E-state index contributed by atoms with van der Waals surface area (Å²) in [5.74, 6) is 1.39. The Morgan fingerprint density at radius 2 is 2.31 bits per heavy atom. The SMILES string of the molecule is NC1N=NC2(CC3CCCC2C3)O1. The van der Waals surface area contributed by atoms with Gasteiger partial charge in [-0.1, -0.05) is 12.8 Å². The third-order valence-electron chi connectivity index (χ3n) is 3.67. The highest BCUT2D eigenvalue weighted by Gasteiger charge is 2.53. The van der Waals surface area contributed by atoms with Crippen molar-refractivity contribution in [3.8, 4) is 0 Å². The first kappa shape index (κ1) is 7.88. The van der Waals surface area contributed by atoms with Gasteiger partial charge in [-0.15, -0.1) is 5.11 Å². The number of azo groups is 1. The number of ether oxygens (including phenoxy) is 1. The van der Waals surface area contributed by atoms with Gasteiger partial charge in [0.05, 0.1) is 0 Å². The van der Waals surface area contributed by atoms with Crippen LogP contribution in [0, 0.1) is 11.8 Å². The Kier molecular flexibility index (Phi) is 1.52. The second-order valence-corrected chi connectivity index (χ2v) is 4.50.